The van der Waals surface area contributed by atoms with E-state index in [1.165, 1.54) is 0 Å². The monoisotopic (exact) mass is 192 g/mol. The topological polar surface area (TPSA) is 20.2 Å². The second-order valence-corrected chi connectivity index (χ2v) is 4.13. The van der Waals surface area contributed by atoms with Crippen molar-refractivity contribution in [2.45, 2.75) is 6.92 Å². The quantitative estimate of drug-likeness (QED) is 0.576. The zero-order valence-electron chi connectivity index (χ0n) is 9.12. The Morgan fingerprint density at radius 1 is 1.43 bits per heavy atom. The Morgan fingerprint density at radius 2 is 2.07 bits per heavy atom. The van der Waals surface area contributed by atoms with Gasteiger partial charge in [-0.05, 0) is 30.7 Å². The van der Waals surface area contributed by atoms with Gasteiger partial charge < -0.3 is 5.11 Å². The molecule has 2 heteroatoms. The Kier molecular flexibility index (Phi) is 2.96. The predicted molar refractivity (Wildman–Crippen MR) is 61.5 cm³/mol. The molecule has 0 aliphatic heterocycles. The van der Waals surface area contributed by atoms with Crippen molar-refractivity contribution >= 4 is 5.69 Å². The first-order chi connectivity index (χ1) is 6.47. The Hall–Kier alpha value is -1.28. The standard InChI is InChI=1S/C12H17NO/c1-5-8-13(3,4)11-7-6-10(2)12(14)9-11/h5-7,9H,1,8H2,2-4H3/p+1. The van der Waals surface area contributed by atoms with Crippen LogP contribution >= 0.6 is 0 Å². The number of likely N-dealkylation sites (N-methyl/N-ethyl adjacent to an activating group) is 1. The van der Waals surface area contributed by atoms with Gasteiger partial charge in [-0.2, -0.15) is 0 Å². The summed E-state index contributed by atoms with van der Waals surface area (Å²) in [5.41, 5.74) is 2.00. The molecule has 76 valence electrons. The maximum atomic E-state index is 9.60. The van der Waals surface area contributed by atoms with Crippen molar-refractivity contribution in [3.8, 4) is 5.75 Å². The second kappa shape index (κ2) is 3.84. The zero-order valence-corrected chi connectivity index (χ0v) is 9.12. The average Bonchev–Trinajstić information content (AvgIpc) is 2.09. The van der Waals surface area contributed by atoms with Crippen molar-refractivity contribution in [2.24, 2.45) is 0 Å². The molecule has 0 saturated heterocycles. The molecule has 0 spiro atoms. The lowest BCUT2D eigenvalue weighted by atomic mass is 10.2. The van der Waals surface area contributed by atoms with Crippen LogP contribution in [0.25, 0.3) is 0 Å². The van der Waals surface area contributed by atoms with Gasteiger partial charge in [-0.25, -0.2) is 0 Å². The minimum Gasteiger partial charge on any atom is -0.507 e. The lowest BCUT2D eigenvalue weighted by Crippen LogP contribution is -2.40. The van der Waals surface area contributed by atoms with E-state index in [4.69, 9.17) is 0 Å². The lowest BCUT2D eigenvalue weighted by molar-refractivity contribution is 0.432. The Balaban J connectivity index is 3.07. The molecule has 1 aromatic carbocycles. The van der Waals surface area contributed by atoms with E-state index in [0.29, 0.717) is 10.2 Å². The molecule has 14 heavy (non-hydrogen) atoms. The molecule has 0 heterocycles. The highest BCUT2D eigenvalue weighted by molar-refractivity contribution is 5.50. The summed E-state index contributed by atoms with van der Waals surface area (Å²) in [6.07, 6.45) is 1.89. The van der Waals surface area contributed by atoms with E-state index in [2.05, 4.69) is 20.7 Å². The molecule has 0 fully saturated rings. The molecule has 0 atom stereocenters. The smallest absolute Gasteiger partial charge is 0.136 e. The molecule has 0 amide bonds. The molecule has 0 aliphatic rings. The van der Waals surface area contributed by atoms with Crippen LogP contribution in [0.2, 0.25) is 0 Å². The van der Waals surface area contributed by atoms with E-state index in [1.807, 2.05) is 31.2 Å². The van der Waals surface area contributed by atoms with Crippen molar-refractivity contribution in [1.29, 1.82) is 0 Å². The first-order valence-corrected chi connectivity index (χ1v) is 4.71. The molecule has 0 radical (unpaired) electrons. The molecule has 1 aromatic rings. The number of hydrogen-bond donors (Lipinski definition) is 1. The summed E-state index contributed by atoms with van der Waals surface area (Å²) in [6.45, 7) is 6.48. The molecule has 0 bridgehead atoms. The third kappa shape index (κ3) is 2.15. The Bertz CT molecular complexity index is 342. The Labute approximate surface area is 85.7 Å². The van der Waals surface area contributed by atoms with E-state index in [0.717, 1.165) is 17.8 Å². The largest absolute Gasteiger partial charge is 0.507 e. The van der Waals surface area contributed by atoms with Gasteiger partial charge in [0, 0.05) is 6.07 Å². The van der Waals surface area contributed by atoms with Gasteiger partial charge in [-0.15, -0.1) is 0 Å². The predicted octanol–water partition coefficient (Wildman–Crippen LogP) is 2.45. The fourth-order valence-electron chi connectivity index (χ4n) is 1.40. The number of quaternary nitrogens is 1. The van der Waals surface area contributed by atoms with Gasteiger partial charge in [0.1, 0.15) is 18.0 Å². The van der Waals surface area contributed by atoms with Gasteiger partial charge in [0.2, 0.25) is 0 Å². The summed E-state index contributed by atoms with van der Waals surface area (Å²) < 4.78 is 0.706. The van der Waals surface area contributed by atoms with Crippen LogP contribution in [-0.2, 0) is 0 Å². The Morgan fingerprint density at radius 3 is 2.57 bits per heavy atom. The lowest BCUT2D eigenvalue weighted by Gasteiger charge is -2.28. The SMILES string of the molecule is C=CC[N+](C)(C)c1ccc(C)c(O)c1. The van der Waals surface area contributed by atoms with Crippen LogP contribution in [0.5, 0.6) is 5.75 Å². The first-order valence-electron chi connectivity index (χ1n) is 4.71. The van der Waals surface area contributed by atoms with Crippen LogP contribution in [-0.4, -0.2) is 25.7 Å². The number of aryl methyl sites for hydroxylation is 1. The fraction of sp³-hybridized carbons (Fsp3) is 0.333. The van der Waals surface area contributed by atoms with Gasteiger partial charge in [0.15, 0.2) is 0 Å². The zero-order chi connectivity index (χ0) is 10.8. The van der Waals surface area contributed by atoms with Crippen LogP contribution in [0.15, 0.2) is 30.9 Å². The molecule has 0 aliphatic carbocycles. The van der Waals surface area contributed by atoms with Crippen LogP contribution in [0, 0.1) is 6.92 Å². The van der Waals surface area contributed by atoms with Gasteiger partial charge in [-0.1, -0.05) is 6.58 Å². The number of phenolic OH excluding ortho intramolecular Hbond substituents is 1. The van der Waals surface area contributed by atoms with Crippen LogP contribution in [0.3, 0.4) is 0 Å². The molecule has 0 saturated carbocycles. The number of aromatic hydroxyl groups is 1. The normalized spacial score (nSPS) is 11.4. The van der Waals surface area contributed by atoms with Gasteiger partial charge in [0.25, 0.3) is 0 Å². The molecule has 0 aromatic heterocycles. The van der Waals surface area contributed by atoms with E-state index < -0.39 is 0 Å². The van der Waals surface area contributed by atoms with Crippen molar-refractivity contribution in [2.75, 3.05) is 20.6 Å². The molecule has 1 N–H and O–H groups in total. The molecule has 1 rings (SSSR count). The van der Waals surface area contributed by atoms with Gasteiger partial charge >= 0.3 is 0 Å². The van der Waals surface area contributed by atoms with Crippen molar-refractivity contribution < 1.29 is 5.11 Å². The van der Waals surface area contributed by atoms with E-state index in [1.54, 1.807) is 0 Å². The fourth-order valence-corrected chi connectivity index (χ4v) is 1.40. The highest BCUT2D eigenvalue weighted by Gasteiger charge is 2.17. The third-order valence-corrected chi connectivity index (χ3v) is 2.48. The maximum Gasteiger partial charge on any atom is 0.136 e. The molecular weight excluding hydrogens is 174 g/mol. The molecule has 2 nitrogen and oxygen atoms in total. The first kappa shape index (κ1) is 10.8. The summed E-state index contributed by atoms with van der Waals surface area (Å²) in [4.78, 5) is 0. The van der Waals surface area contributed by atoms with E-state index >= 15 is 0 Å². The summed E-state index contributed by atoms with van der Waals surface area (Å²) in [5, 5.41) is 9.60. The second-order valence-electron chi connectivity index (χ2n) is 4.13. The van der Waals surface area contributed by atoms with Crippen LogP contribution in [0.1, 0.15) is 5.56 Å². The number of hydrogen-bond acceptors (Lipinski definition) is 1. The van der Waals surface area contributed by atoms with Crippen molar-refractivity contribution in [3.05, 3.63) is 36.4 Å². The number of nitrogens with zero attached hydrogens (tertiary/aromatic N) is 1. The molecular formula is C12H18NO+. The van der Waals surface area contributed by atoms with Gasteiger partial charge in [-0.3, -0.25) is 4.48 Å². The summed E-state index contributed by atoms with van der Waals surface area (Å²) >= 11 is 0. The minimum atomic E-state index is 0.359. The van der Waals surface area contributed by atoms with Crippen molar-refractivity contribution in [3.63, 3.8) is 0 Å². The van der Waals surface area contributed by atoms with Crippen LogP contribution in [0.4, 0.5) is 5.69 Å². The highest BCUT2D eigenvalue weighted by Crippen LogP contribution is 2.26. The average molecular weight is 192 g/mol. The van der Waals surface area contributed by atoms with Gasteiger partial charge in [0.05, 0.1) is 14.1 Å². The van der Waals surface area contributed by atoms with E-state index in [9.17, 15) is 5.11 Å². The number of benzene rings is 1. The summed E-state index contributed by atoms with van der Waals surface area (Å²) in [7, 11) is 4.18. The third-order valence-electron chi connectivity index (χ3n) is 2.48. The van der Waals surface area contributed by atoms with E-state index in [-0.39, 0.29) is 0 Å². The maximum absolute atomic E-state index is 9.60. The summed E-state index contributed by atoms with van der Waals surface area (Å²) in [6, 6.07) is 5.80. The molecule has 0 unspecified atom stereocenters. The highest BCUT2D eigenvalue weighted by atomic mass is 16.3. The number of phenols is 1. The van der Waals surface area contributed by atoms with Crippen LogP contribution < -0.4 is 4.48 Å². The summed E-state index contributed by atoms with van der Waals surface area (Å²) in [5.74, 6) is 0.359. The van der Waals surface area contributed by atoms with Crippen molar-refractivity contribution in [1.82, 2.24) is 4.48 Å². The minimum absolute atomic E-state index is 0.359. The number of rotatable bonds is 3.